The number of methoxy groups -OCH3 is 1. The molecule has 0 saturated heterocycles. The Morgan fingerprint density at radius 1 is 1.20 bits per heavy atom. The second-order valence-corrected chi connectivity index (χ2v) is 8.60. The first kappa shape index (κ1) is 21.5. The van der Waals surface area contributed by atoms with Gasteiger partial charge in [0, 0.05) is 12.6 Å². The number of hydrogen-bond acceptors (Lipinski definition) is 7. The molecule has 0 radical (unpaired) electrons. The van der Waals surface area contributed by atoms with Crippen molar-refractivity contribution in [3.63, 3.8) is 0 Å². The third-order valence-corrected chi connectivity index (χ3v) is 5.72. The molecule has 158 valence electrons. The van der Waals surface area contributed by atoms with Gasteiger partial charge in [-0.15, -0.1) is 0 Å². The van der Waals surface area contributed by atoms with Gasteiger partial charge in [-0.2, -0.15) is 9.29 Å². The number of nitrogens with one attached hydrogen (secondary N) is 1. The Morgan fingerprint density at radius 3 is 2.60 bits per heavy atom. The highest BCUT2D eigenvalue weighted by Gasteiger charge is 2.30. The Hall–Kier alpha value is -3.24. The van der Waals surface area contributed by atoms with Crippen LogP contribution in [0.15, 0.2) is 59.1 Å². The van der Waals surface area contributed by atoms with Crippen molar-refractivity contribution in [2.24, 2.45) is 0 Å². The number of carbonyl (C=O) groups excluding carboxylic acids is 1. The van der Waals surface area contributed by atoms with Crippen LogP contribution >= 0.6 is 0 Å². The molecule has 1 aromatic heterocycles. The Kier molecular flexibility index (Phi) is 6.48. The molecule has 2 aromatic carbocycles. The van der Waals surface area contributed by atoms with E-state index in [1.54, 1.807) is 55.6 Å². The Balaban J connectivity index is 1.75. The Labute approximate surface area is 174 Å². The van der Waals surface area contributed by atoms with Gasteiger partial charge in [0.05, 0.1) is 19.9 Å². The van der Waals surface area contributed by atoms with Crippen LogP contribution < -0.4 is 10.1 Å². The minimum absolute atomic E-state index is 0.0449. The van der Waals surface area contributed by atoms with E-state index in [2.05, 4.69) is 15.5 Å². The van der Waals surface area contributed by atoms with Gasteiger partial charge in [-0.25, -0.2) is 8.42 Å². The highest BCUT2D eigenvalue weighted by atomic mass is 32.2. The lowest BCUT2D eigenvalue weighted by molar-refractivity contribution is -0.125. The van der Waals surface area contributed by atoms with Crippen LogP contribution in [0.1, 0.15) is 17.5 Å². The maximum absolute atomic E-state index is 12.8. The van der Waals surface area contributed by atoms with Crippen LogP contribution in [0.5, 0.6) is 5.75 Å². The van der Waals surface area contributed by atoms with E-state index < -0.39 is 22.0 Å². The van der Waals surface area contributed by atoms with Crippen molar-refractivity contribution >= 4 is 15.9 Å². The molecule has 0 aliphatic heterocycles. The lowest BCUT2D eigenvalue weighted by Gasteiger charge is -2.25. The molecule has 30 heavy (non-hydrogen) atoms. The summed E-state index contributed by atoms with van der Waals surface area (Å²) in [5.74, 6) is 0.693. The van der Waals surface area contributed by atoms with Crippen molar-refractivity contribution < 1.29 is 22.5 Å². The minimum Gasteiger partial charge on any atom is -0.497 e. The van der Waals surface area contributed by atoms with Gasteiger partial charge in [-0.1, -0.05) is 47.6 Å². The average Bonchev–Trinajstić information content (AvgIpc) is 3.22. The summed E-state index contributed by atoms with van der Waals surface area (Å²) in [6.45, 7) is -0.0449. The standard InChI is InChI=1S/C20H22N4O5S/c1-24(30(3,26)27)18(14-8-5-4-6-9-14)20(25)21-13-17-22-19(23-29-17)15-10-7-11-16(12-15)28-2/h4-12,18H,13H2,1-3H3,(H,21,25)/t18-/m1/s1. The summed E-state index contributed by atoms with van der Waals surface area (Å²) in [5.41, 5.74) is 1.25. The average molecular weight is 430 g/mol. The molecule has 1 amide bonds. The molecule has 1 N–H and O–H groups in total. The molecular weight excluding hydrogens is 408 g/mol. The van der Waals surface area contributed by atoms with Gasteiger partial charge in [0.2, 0.25) is 27.6 Å². The largest absolute Gasteiger partial charge is 0.497 e. The molecule has 9 nitrogen and oxygen atoms in total. The molecule has 0 aliphatic rings. The zero-order chi connectivity index (χ0) is 21.7. The lowest BCUT2D eigenvalue weighted by atomic mass is 10.1. The number of nitrogens with zero attached hydrogens (tertiary/aromatic N) is 3. The molecular formula is C20H22N4O5S. The number of amides is 1. The van der Waals surface area contributed by atoms with Crippen LogP contribution in [0.4, 0.5) is 0 Å². The first-order valence-electron chi connectivity index (χ1n) is 9.02. The molecule has 0 fully saturated rings. The summed E-state index contributed by atoms with van der Waals surface area (Å²) < 4.78 is 35.5. The van der Waals surface area contributed by atoms with Gasteiger partial charge >= 0.3 is 0 Å². The molecule has 10 heteroatoms. The first-order valence-corrected chi connectivity index (χ1v) is 10.9. The number of sulfonamides is 1. The molecule has 0 bridgehead atoms. The van der Waals surface area contributed by atoms with Crippen LogP contribution in [0.25, 0.3) is 11.4 Å². The quantitative estimate of drug-likeness (QED) is 0.581. The number of hydrogen-bond donors (Lipinski definition) is 1. The molecule has 0 unspecified atom stereocenters. The maximum atomic E-state index is 12.8. The van der Waals surface area contributed by atoms with Gasteiger partial charge in [0.25, 0.3) is 0 Å². The third-order valence-electron chi connectivity index (χ3n) is 4.46. The predicted molar refractivity (Wildman–Crippen MR) is 110 cm³/mol. The summed E-state index contributed by atoms with van der Waals surface area (Å²) in [6.07, 6.45) is 1.05. The summed E-state index contributed by atoms with van der Waals surface area (Å²) in [7, 11) is -0.684. The first-order chi connectivity index (χ1) is 14.3. The molecule has 1 heterocycles. The molecule has 3 rings (SSSR count). The zero-order valence-corrected chi connectivity index (χ0v) is 17.6. The van der Waals surface area contributed by atoms with E-state index in [1.165, 1.54) is 7.05 Å². The summed E-state index contributed by atoms with van der Waals surface area (Å²) >= 11 is 0. The van der Waals surface area contributed by atoms with E-state index in [4.69, 9.17) is 9.26 Å². The van der Waals surface area contributed by atoms with Crippen molar-refractivity contribution in [2.75, 3.05) is 20.4 Å². The molecule has 0 aliphatic carbocycles. The number of carbonyl (C=O) groups is 1. The number of benzene rings is 2. The fourth-order valence-corrected chi connectivity index (χ4v) is 3.42. The summed E-state index contributed by atoms with van der Waals surface area (Å²) in [6, 6.07) is 14.8. The van der Waals surface area contributed by atoms with Crippen LogP contribution in [0.2, 0.25) is 0 Å². The molecule has 0 spiro atoms. The van der Waals surface area contributed by atoms with E-state index in [1.807, 2.05) is 6.07 Å². The lowest BCUT2D eigenvalue weighted by Crippen LogP contribution is -2.41. The monoisotopic (exact) mass is 430 g/mol. The van der Waals surface area contributed by atoms with Crippen molar-refractivity contribution in [3.8, 4) is 17.1 Å². The predicted octanol–water partition coefficient (Wildman–Crippen LogP) is 1.99. The van der Waals surface area contributed by atoms with Crippen LogP contribution in [0, 0.1) is 0 Å². The van der Waals surface area contributed by atoms with E-state index in [9.17, 15) is 13.2 Å². The van der Waals surface area contributed by atoms with Crippen LogP contribution in [-0.2, 0) is 21.4 Å². The second kappa shape index (κ2) is 9.06. The number of aromatic nitrogens is 2. The van der Waals surface area contributed by atoms with Crippen molar-refractivity contribution in [3.05, 3.63) is 66.1 Å². The normalized spacial score (nSPS) is 12.5. The number of rotatable bonds is 8. The van der Waals surface area contributed by atoms with E-state index >= 15 is 0 Å². The number of ether oxygens (including phenoxy) is 1. The van der Waals surface area contributed by atoms with Crippen molar-refractivity contribution in [2.45, 2.75) is 12.6 Å². The zero-order valence-electron chi connectivity index (χ0n) is 16.8. The molecule has 0 saturated carbocycles. The highest BCUT2D eigenvalue weighted by molar-refractivity contribution is 7.88. The van der Waals surface area contributed by atoms with Crippen molar-refractivity contribution in [1.29, 1.82) is 0 Å². The third kappa shape index (κ3) is 5.02. The summed E-state index contributed by atoms with van der Waals surface area (Å²) in [4.78, 5) is 17.1. The van der Waals surface area contributed by atoms with E-state index in [-0.39, 0.29) is 12.4 Å². The highest BCUT2D eigenvalue weighted by Crippen LogP contribution is 2.23. The minimum atomic E-state index is -3.61. The van der Waals surface area contributed by atoms with Crippen LogP contribution in [0.3, 0.4) is 0 Å². The second-order valence-electron chi connectivity index (χ2n) is 6.55. The van der Waals surface area contributed by atoms with Crippen LogP contribution in [-0.4, -0.2) is 49.2 Å². The van der Waals surface area contributed by atoms with Gasteiger partial charge in [-0.05, 0) is 17.7 Å². The van der Waals surface area contributed by atoms with Crippen molar-refractivity contribution in [1.82, 2.24) is 19.8 Å². The topological polar surface area (TPSA) is 115 Å². The SMILES string of the molecule is COc1cccc(-c2noc(CNC(=O)[C@@H](c3ccccc3)N(C)S(C)(=O)=O)n2)c1. The van der Waals surface area contributed by atoms with E-state index in [0.29, 0.717) is 22.7 Å². The molecule has 3 aromatic rings. The Bertz CT molecular complexity index is 1110. The fraction of sp³-hybridized carbons (Fsp3) is 0.250. The van der Waals surface area contributed by atoms with Gasteiger partial charge in [-0.3, -0.25) is 4.79 Å². The number of likely N-dealkylation sites (N-methyl/N-ethyl adjacent to an activating group) is 1. The van der Waals surface area contributed by atoms with Gasteiger partial charge in [0.15, 0.2) is 0 Å². The molecule has 1 atom stereocenters. The van der Waals surface area contributed by atoms with Gasteiger partial charge in [0.1, 0.15) is 11.8 Å². The smallest absolute Gasteiger partial charge is 0.246 e. The summed E-state index contributed by atoms with van der Waals surface area (Å²) in [5, 5.41) is 6.59. The Morgan fingerprint density at radius 2 is 1.93 bits per heavy atom. The maximum Gasteiger partial charge on any atom is 0.246 e. The van der Waals surface area contributed by atoms with Gasteiger partial charge < -0.3 is 14.6 Å². The van der Waals surface area contributed by atoms with E-state index in [0.717, 1.165) is 10.6 Å². The fourth-order valence-electron chi connectivity index (χ4n) is 2.82.